The van der Waals surface area contributed by atoms with Crippen LogP contribution in [-0.4, -0.2) is 29.1 Å². The number of aromatic amines is 1. The maximum absolute atomic E-state index is 4.23. The zero-order valence-corrected chi connectivity index (χ0v) is 12.2. The maximum Gasteiger partial charge on any atom is 0.120 e. The smallest absolute Gasteiger partial charge is 0.120 e. The third kappa shape index (κ3) is 3.16. The molecule has 2 heterocycles. The molecule has 2 aromatic rings. The van der Waals surface area contributed by atoms with Gasteiger partial charge in [-0.1, -0.05) is 15.9 Å². The second-order valence-electron chi connectivity index (χ2n) is 4.82. The molecule has 0 spiro atoms. The molecule has 1 aromatic heterocycles. The molecule has 0 amide bonds. The second kappa shape index (κ2) is 5.75. The fourth-order valence-electron chi connectivity index (χ4n) is 2.45. The number of nitrogens with one attached hydrogen (secondary N) is 2. The highest BCUT2D eigenvalue weighted by atomic mass is 79.9. The van der Waals surface area contributed by atoms with Gasteiger partial charge in [0.25, 0.3) is 0 Å². The number of hydrogen-bond donors (Lipinski definition) is 2. The van der Waals surface area contributed by atoms with E-state index in [1.165, 1.54) is 12.1 Å². The first kappa shape index (κ1) is 12.7. The van der Waals surface area contributed by atoms with Crippen molar-refractivity contribution in [3.63, 3.8) is 0 Å². The molecule has 3 rings (SSSR count). The van der Waals surface area contributed by atoms with Gasteiger partial charge in [0, 0.05) is 41.7 Å². The summed E-state index contributed by atoms with van der Waals surface area (Å²) < 4.78 is 1.13. The summed E-state index contributed by atoms with van der Waals surface area (Å²) in [4.78, 5) is 9.77. The van der Waals surface area contributed by atoms with E-state index in [1.807, 2.05) is 6.20 Å². The number of imidazole rings is 1. The molecule has 0 bridgehead atoms. The summed E-state index contributed by atoms with van der Waals surface area (Å²) in [7, 11) is 0. The van der Waals surface area contributed by atoms with Gasteiger partial charge >= 0.3 is 0 Å². The largest absolute Gasteiger partial charge is 0.370 e. The van der Waals surface area contributed by atoms with Gasteiger partial charge in [0.15, 0.2) is 0 Å². The first-order chi connectivity index (χ1) is 9.31. The Bertz CT molecular complexity index is 509. The van der Waals surface area contributed by atoms with Crippen LogP contribution in [0.4, 0.5) is 5.69 Å². The van der Waals surface area contributed by atoms with Gasteiger partial charge in [0.2, 0.25) is 0 Å². The number of halogens is 1. The lowest BCUT2D eigenvalue weighted by Crippen LogP contribution is -2.32. The minimum atomic E-state index is 0.536. The lowest BCUT2D eigenvalue weighted by atomic mass is 10.2. The van der Waals surface area contributed by atoms with Crippen LogP contribution in [0.2, 0.25) is 0 Å². The molecule has 0 radical (unpaired) electrons. The van der Waals surface area contributed by atoms with Crippen LogP contribution in [0.25, 0.3) is 0 Å². The van der Waals surface area contributed by atoms with E-state index in [-0.39, 0.29) is 0 Å². The molecular weight excluding hydrogens is 304 g/mol. The second-order valence-corrected chi connectivity index (χ2v) is 5.74. The van der Waals surface area contributed by atoms with Crippen LogP contribution >= 0.6 is 15.9 Å². The minimum absolute atomic E-state index is 0.536. The molecule has 19 heavy (non-hydrogen) atoms. The Labute approximate surface area is 121 Å². The predicted molar refractivity (Wildman–Crippen MR) is 80.2 cm³/mol. The summed E-state index contributed by atoms with van der Waals surface area (Å²) in [6, 6.07) is 9.06. The quantitative estimate of drug-likeness (QED) is 0.910. The Morgan fingerprint density at radius 2 is 2.21 bits per heavy atom. The van der Waals surface area contributed by atoms with Crippen LogP contribution in [0.3, 0.4) is 0 Å². The summed E-state index contributed by atoms with van der Waals surface area (Å²) in [5.74, 6) is 1.00. The molecule has 0 aliphatic carbocycles. The fourth-order valence-corrected chi connectivity index (χ4v) is 2.71. The van der Waals surface area contributed by atoms with Crippen LogP contribution in [0.1, 0.15) is 12.2 Å². The summed E-state index contributed by atoms with van der Waals surface area (Å²) in [6.07, 6.45) is 4.83. The van der Waals surface area contributed by atoms with Crippen LogP contribution in [-0.2, 0) is 6.54 Å². The van der Waals surface area contributed by atoms with E-state index in [9.17, 15) is 0 Å². The average molecular weight is 321 g/mol. The summed E-state index contributed by atoms with van der Waals surface area (Å²) in [5, 5.41) is 3.55. The zero-order chi connectivity index (χ0) is 13.1. The van der Waals surface area contributed by atoms with Crippen LogP contribution in [0.15, 0.2) is 41.1 Å². The minimum Gasteiger partial charge on any atom is -0.370 e. The third-order valence-electron chi connectivity index (χ3n) is 3.49. The standard InChI is InChI=1S/C14H17BrN4/c15-11-1-3-13(4-2-11)19-8-5-12(10-19)18-9-14-16-6-7-17-14/h1-4,6-7,12,18H,5,8-10H2,(H,16,17)/t12-/m1/s1. The molecule has 100 valence electrons. The van der Waals surface area contributed by atoms with E-state index in [0.29, 0.717) is 6.04 Å². The molecule has 1 saturated heterocycles. The highest BCUT2D eigenvalue weighted by Gasteiger charge is 2.22. The predicted octanol–water partition coefficient (Wildman–Crippen LogP) is 2.54. The van der Waals surface area contributed by atoms with Crippen molar-refractivity contribution in [3.05, 3.63) is 47.0 Å². The monoisotopic (exact) mass is 320 g/mol. The molecule has 1 fully saturated rings. The maximum atomic E-state index is 4.23. The van der Waals surface area contributed by atoms with Gasteiger partial charge in [-0.2, -0.15) is 0 Å². The molecular formula is C14H17BrN4. The molecule has 2 N–H and O–H groups in total. The zero-order valence-electron chi connectivity index (χ0n) is 10.6. The van der Waals surface area contributed by atoms with Gasteiger partial charge in [-0.05, 0) is 30.7 Å². The van der Waals surface area contributed by atoms with Crippen LogP contribution < -0.4 is 10.2 Å². The van der Waals surface area contributed by atoms with Crippen molar-refractivity contribution in [2.75, 3.05) is 18.0 Å². The summed E-state index contributed by atoms with van der Waals surface area (Å²) in [5.41, 5.74) is 1.30. The SMILES string of the molecule is Brc1ccc(N2CC[C@@H](NCc3ncc[nH]3)C2)cc1. The van der Waals surface area contributed by atoms with Crippen molar-refractivity contribution in [3.8, 4) is 0 Å². The Morgan fingerprint density at radius 1 is 1.37 bits per heavy atom. The average Bonchev–Trinajstić information content (AvgIpc) is 3.09. The first-order valence-electron chi connectivity index (χ1n) is 6.53. The van der Waals surface area contributed by atoms with Gasteiger partial charge in [0.1, 0.15) is 5.82 Å². The topological polar surface area (TPSA) is 44.0 Å². The summed E-state index contributed by atoms with van der Waals surface area (Å²) in [6.45, 7) is 2.98. The van der Waals surface area contributed by atoms with E-state index in [2.05, 4.69) is 60.4 Å². The number of rotatable bonds is 4. The van der Waals surface area contributed by atoms with Crippen molar-refractivity contribution in [2.45, 2.75) is 19.0 Å². The Morgan fingerprint density at radius 3 is 2.95 bits per heavy atom. The van der Waals surface area contributed by atoms with E-state index >= 15 is 0 Å². The highest BCUT2D eigenvalue weighted by molar-refractivity contribution is 9.10. The molecule has 1 atom stereocenters. The molecule has 0 unspecified atom stereocenters. The van der Waals surface area contributed by atoms with Gasteiger partial charge in [0.05, 0.1) is 6.54 Å². The third-order valence-corrected chi connectivity index (χ3v) is 4.02. The molecule has 1 aromatic carbocycles. The molecule has 0 saturated carbocycles. The fraction of sp³-hybridized carbons (Fsp3) is 0.357. The number of hydrogen-bond acceptors (Lipinski definition) is 3. The number of aromatic nitrogens is 2. The van der Waals surface area contributed by atoms with Crippen molar-refractivity contribution in [1.82, 2.24) is 15.3 Å². The molecule has 4 nitrogen and oxygen atoms in total. The van der Waals surface area contributed by atoms with E-state index in [0.717, 1.165) is 29.9 Å². The summed E-state index contributed by atoms with van der Waals surface area (Å²) >= 11 is 3.47. The lowest BCUT2D eigenvalue weighted by Gasteiger charge is -2.19. The Hall–Kier alpha value is -1.33. The van der Waals surface area contributed by atoms with Crippen molar-refractivity contribution < 1.29 is 0 Å². The number of nitrogens with zero attached hydrogens (tertiary/aromatic N) is 2. The molecule has 1 aliphatic heterocycles. The van der Waals surface area contributed by atoms with Crippen LogP contribution in [0, 0.1) is 0 Å². The van der Waals surface area contributed by atoms with Gasteiger partial charge in [-0.3, -0.25) is 0 Å². The van der Waals surface area contributed by atoms with E-state index in [4.69, 9.17) is 0 Å². The Balaban J connectivity index is 1.53. The number of H-pyrrole nitrogens is 1. The number of anilines is 1. The van der Waals surface area contributed by atoms with Crippen molar-refractivity contribution in [1.29, 1.82) is 0 Å². The van der Waals surface area contributed by atoms with E-state index < -0.39 is 0 Å². The first-order valence-corrected chi connectivity index (χ1v) is 7.33. The number of benzene rings is 1. The van der Waals surface area contributed by atoms with Crippen molar-refractivity contribution >= 4 is 21.6 Å². The van der Waals surface area contributed by atoms with Gasteiger partial charge in [-0.25, -0.2) is 4.98 Å². The molecule has 5 heteroatoms. The van der Waals surface area contributed by atoms with Crippen molar-refractivity contribution in [2.24, 2.45) is 0 Å². The van der Waals surface area contributed by atoms with Crippen LogP contribution in [0.5, 0.6) is 0 Å². The highest BCUT2D eigenvalue weighted by Crippen LogP contribution is 2.22. The van der Waals surface area contributed by atoms with Gasteiger partial charge in [-0.15, -0.1) is 0 Å². The normalized spacial score (nSPS) is 19.0. The van der Waals surface area contributed by atoms with E-state index in [1.54, 1.807) is 6.20 Å². The Kier molecular flexibility index (Phi) is 3.84. The van der Waals surface area contributed by atoms with Gasteiger partial charge < -0.3 is 15.2 Å². The lowest BCUT2D eigenvalue weighted by molar-refractivity contribution is 0.541. The molecule has 1 aliphatic rings.